The van der Waals surface area contributed by atoms with E-state index < -0.39 is 0 Å². The lowest BCUT2D eigenvalue weighted by atomic mass is 9.73. The molecule has 1 fully saturated rings. The molecule has 40 valence electrons. The van der Waals surface area contributed by atoms with Crippen LogP contribution in [0.4, 0.5) is 0 Å². The van der Waals surface area contributed by atoms with E-state index in [0.29, 0.717) is 0 Å². The quantitative estimate of drug-likeness (QED) is 0.406. The van der Waals surface area contributed by atoms with Crippen LogP contribution in [0.3, 0.4) is 0 Å². The van der Waals surface area contributed by atoms with Crippen molar-refractivity contribution in [2.24, 2.45) is 11.8 Å². The second-order valence-corrected chi connectivity index (χ2v) is 2.61. The van der Waals surface area contributed by atoms with Crippen molar-refractivity contribution >= 4 is 0 Å². The fourth-order valence-electron chi connectivity index (χ4n) is 1.16. The van der Waals surface area contributed by atoms with Gasteiger partial charge >= 0.3 is 0 Å². The SMILES string of the molecule is C=C1C(C)C[C@H]1C. The maximum Gasteiger partial charge on any atom is -0.0226 e. The molecular weight excluding hydrogens is 84.1 g/mol. The van der Waals surface area contributed by atoms with Crippen LogP contribution in [0.1, 0.15) is 20.3 Å². The minimum absolute atomic E-state index is 0.815. The number of allylic oxidation sites excluding steroid dienone is 1. The Labute approximate surface area is 45.2 Å². The summed E-state index contributed by atoms with van der Waals surface area (Å²) in [4.78, 5) is 0. The fourth-order valence-corrected chi connectivity index (χ4v) is 1.16. The Bertz CT molecular complexity index is 82.2. The molecule has 2 atom stereocenters. The summed E-state index contributed by atoms with van der Waals surface area (Å²) in [7, 11) is 0. The Balaban J connectivity index is 2.44. The largest absolute Gasteiger partial charge is 0.0993 e. The molecule has 1 aliphatic carbocycles. The first-order valence-electron chi connectivity index (χ1n) is 2.90. The number of hydrogen-bond acceptors (Lipinski definition) is 0. The zero-order chi connectivity index (χ0) is 5.44. The minimum atomic E-state index is 0.815. The van der Waals surface area contributed by atoms with Gasteiger partial charge in [0.05, 0.1) is 0 Å². The molecule has 1 aliphatic rings. The van der Waals surface area contributed by atoms with Gasteiger partial charge < -0.3 is 0 Å². The molecule has 0 aliphatic heterocycles. The van der Waals surface area contributed by atoms with E-state index in [2.05, 4.69) is 20.4 Å². The third kappa shape index (κ3) is 0.583. The molecule has 7 heavy (non-hydrogen) atoms. The molecule has 0 amide bonds. The van der Waals surface area contributed by atoms with E-state index in [1.165, 1.54) is 12.0 Å². The van der Waals surface area contributed by atoms with Crippen LogP contribution in [0, 0.1) is 11.8 Å². The second kappa shape index (κ2) is 1.36. The van der Waals surface area contributed by atoms with E-state index in [9.17, 15) is 0 Å². The van der Waals surface area contributed by atoms with Crippen molar-refractivity contribution in [3.8, 4) is 0 Å². The van der Waals surface area contributed by atoms with Gasteiger partial charge in [0, 0.05) is 0 Å². The summed E-state index contributed by atoms with van der Waals surface area (Å²) in [5, 5.41) is 0. The van der Waals surface area contributed by atoms with Crippen molar-refractivity contribution in [1.82, 2.24) is 0 Å². The third-order valence-electron chi connectivity index (χ3n) is 1.97. The minimum Gasteiger partial charge on any atom is -0.0993 e. The highest BCUT2D eigenvalue weighted by Crippen LogP contribution is 2.37. The topological polar surface area (TPSA) is 0 Å². The first-order chi connectivity index (χ1) is 3.22. The Kier molecular flexibility index (Phi) is 0.949. The smallest absolute Gasteiger partial charge is 0.0226 e. The lowest BCUT2D eigenvalue weighted by Crippen LogP contribution is -2.21. The molecule has 0 N–H and O–H groups in total. The summed E-state index contributed by atoms with van der Waals surface area (Å²) in [5.74, 6) is 1.63. The molecule has 1 rings (SSSR count). The summed E-state index contributed by atoms with van der Waals surface area (Å²) in [6, 6.07) is 0. The average Bonchev–Trinajstić information content (AvgIpc) is 1.68. The first kappa shape index (κ1) is 4.89. The zero-order valence-electron chi connectivity index (χ0n) is 5.07. The molecule has 1 unspecified atom stereocenters. The van der Waals surface area contributed by atoms with Gasteiger partial charge in [-0.3, -0.25) is 0 Å². The zero-order valence-corrected chi connectivity index (χ0v) is 5.07. The molecular formula is C7H12. The molecule has 0 saturated heterocycles. The van der Waals surface area contributed by atoms with Crippen LogP contribution < -0.4 is 0 Å². The highest BCUT2D eigenvalue weighted by molar-refractivity contribution is 5.12. The monoisotopic (exact) mass is 96.1 g/mol. The number of hydrogen-bond donors (Lipinski definition) is 0. The Hall–Kier alpha value is -0.260. The predicted octanol–water partition coefficient (Wildman–Crippen LogP) is 2.22. The second-order valence-electron chi connectivity index (χ2n) is 2.61. The molecule has 0 aromatic rings. The molecule has 0 heteroatoms. The van der Waals surface area contributed by atoms with Crippen LogP contribution in [-0.2, 0) is 0 Å². The van der Waals surface area contributed by atoms with E-state index in [1.807, 2.05) is 0 Å². The van der Waals surface area contributed by atoms with E-state index in [4.69, 9.17) is 0 Å². The van der Waals surface area contributed by atoms with Gasteiger partial charge in [-0.05, 0) is 18.3 Å². The van der Waals surface area contributed by atoms with Crippen LogP contribution >= 0.6 is 0 Å². The van der Waals surface area contributed by atoms with Crippen molar-refractivity contribution in [1.29, 1.82) is 0 Å². The highest BCUT2D eigenvalue weighted by Gasteiger charge is 2.24. The van der Waals surface area contributed by atoms with Gasteiger partial charge in [0.25, 0.3) is 0 Å². The summed E-state index contributed by atoms with van der Waals surface area (Å²) >= 11 is 0. The van der Waals surface area contributed by atoms with Gasteiger partial charge in [-0.1, -0.05) is 26.0 Å². The van der Waals surface area contributed by atoms with Gasteiger partial charge in [-0.15, -0.1) is 0 Å². The molecule has 0 radical (unpaired) electrons. The Morgan fingerprint density at radius 2 is 1.86 bits per heavy atom. The molecule has 0 aromatic heterocycles. The molecule has 0 spiro atoms. The summed E-state index contributed by atoms with van der Waals surface area (Å²) in [6.07, 6.45) is 1.36. The van der Waals surface area contributed by atoms with E-state index >= 15 is 0 Å². The molecule has 0 aromatic carbocycles. The first-order valence-corrected chi connectivity index (χ1v) is 2.90. The van der Waals surface area contributed by atoms with Crippen LogP contribution in [0.5, 0.6) is 0 Å². The van der Waals surface area contributed by atoms with Gasteiger partial charge in [0.2, 0.25) is 0 Å². The van der Waals surface area contributed by atoms with Crippen LogP contribution in [0.15, 0.2) is 12.2 Å². The van der Waals surface area contributed by atoms with Gasteiger partial charge in [0.1, 0.15) is 0 Å². The van der Waals surface area contributed by atoms with E-state index in [-0.39, 0.29) is 0 Å². The maximum absolute atomic E-state index is 3.92. The summed E-state index contributed by atoms with van der Waals surface area (Å²) < 4.78 is 0. The van der Waals surface area contributed by atoms with Gasteiger partial charge in [0.15, 0.2) is 0 Å². The Morgan fingerprint density at radius 1 is 1.43 bits per heavy atom. The summed E-state index contributed by atoms with van der Waals surface area (Å²) in [5.41, 5.74) is 1.44. The molecule has 1 saturated carbocycles. The highest BCUT2D eigenvalue weighted by atomic mass is 14.3. The van der Waals surface area contributed by atoms with Crippen LogP contribution in [0.25, 0.3) is 0 Å². The average molecular weight is 96.2 g/mol. The van der Waals surface area contributed by atoms with Crippen molar-refractivity contribution in [3.63, 3.8) is 0 Å². The molecule has 0 bridgehead atoms. The van der Waals surface area contributed by atoms with E-state index in [1.54, 1.807) is 0 Å². The summed E-state index contributed by atoms with van der Waals surface area (Å²) in [6.45, 7) is 8.40. The normalized spacial score (nSPS) is 40.6. The Morgan fingerprint density at radius 3 is 1.86 bits per heavy atom. The third-order valence-corrected chi connectivity index (χ3v) is 1.97. The van der Waals surface area contributed by atoms with Crippen molar-refractivity contribution in [3.05, 3.63) is 12.2 Å². The van der Waals surface area contributed by atoms with E-state index in [0.717, 1.165) is 11.8 Å². The number of rotatable bonds is 0. The lowest BCUT2D eigenvalue weighted by Gasteiger charge is -2.32. The maximum atomic E-state index is 3.92. The molecule has 0 heterocycles. The van der Waals surface area contributed by atoms with Gasteiger partial charge in [-0.25, -0.2) is 0 Å². The van der Waals surface area contributed by atoms with Crippen molar-refractivity contribution in [2.45, 2.75) is 20.3 Å². The van der Waals surface area contributed by atoms with Crippen LogP contribution in [-0.4, -0.2) is 0 Å². The van der Waals surface area contributed by atoms with Crippen molar-refractivity contribution in [2.75, 3.05) is 0 Å². The van der Waals surface area contributed by atoms with Gasteiger partial charge in [-0.2, -0.15) is 0 Å². The van der Waals surface area contributed by atoms with Crippen LogP contribution in [0.2, 0.25) is 0 Å². The molecule has 0 nitrogen and oxygen atoms in total. The fraction of sp³-hybridized carbons (Fsp3) is 0.714. The van der Waals surface area contributed by atoms with Crippen molar-refractivity contribution < 1.29 is 0 Å². The predicted molar refractivity (Wildman–Crippen MR) is 32.1 cm³/mol. The lowest BCUT2D eigenvalue weighted by molar-refractivity contribution is 0.364. The standard InChI is InChI=1S/C7H12/c1-5-4-6(2)7(5)3/h5-6H,3-4H2,1-2H3/t5-,6?/m1/s1.